The lowest BCUT2D eigenvalue weighted by Gasteiger charge is -2.10. The van der Waals surface area contributed by atoms with Gasteiger partial charge in [-0.15, -0.1) is 11.8 Å². The molecule has 6 heteroatoms. The zero-order chi connectivity index (χ0) is 14.3. The Bertz CT molecular complexity index is 381. The average molecular weight is 291 g/mol. The van der Waals surface area contributed by atoms with Crippen LogP contribution in [-0.4, -0.2) is 35.2 Å². The van der Waals surface area contributed by atoms with Gasteiger partial charge in [-0.1, -0.05) is 6.92 Å². The van der Waals surface area contributed by atoms with Crippen LogP contribution in [0.1, 0.15) is 18.9 Å². The number of benzene rings is 1. The zero-order valence-electron chi connectivity index (χ0n) is 10.8. The van der Waals surface area contributed by atoms with Crippen molar-refractivity contribution in [2.75, 3.05) is 18.9 Å². The monoisotopic (exact) mass is 291 g/mol. The number of aliphatic hydroxyl groups excluding tert-OH is 2. The summed E-state index contributed by atoms with van der Waals surface area (Å²) in [6, 6.07) is 2.58. The van der Waals surface area contributed by atoms with Crippen LogP contribution < -0.4 is 5.32 Å². The fourth-order valence-electron chi connectivity index (χ4n) is 1.49. The third-order valence-corrected chi connectivity index (χ3v) is 3.67. The first-order valence-corrected chi connectivity index (χ1v) is 7.17. The second kappa shape index (κ2) is 8.47. The third kappa shape index (κ3) is 5.44. The van der Waals surface area contributed by atoms with Crippen molar-refractivity contribution in [2.45, 2.75) is 30.9 Å². The van der Waals surface area contributed by atoms with Gasteiger partial charge in [-0.2, -0.15) is 0 Å². The van der Waals surface area contributed by atoms with Crippen LogP contribution in [0.5, 0.6) is 0 Å². The summed E-state index contributed by atoms with van der Waals surface area (Å²) in [6.07, 6.45) is -0.0208. The number of aliphatic hydroxyl groups is 2. The van der Waals surface area contributed by atoms with E-state index in [0.29, 0.717) is 12.1 Å². The van der Waals surface area contributed by atoms with E-state index in [1.165, 1.54) is 12.1 Å². The number of hydrogen-bond donors (Lipinski definition) is 3. The molecule has 1 rings (SSSR count). The summed E-state index contributed by atoms with van der Waals surface area (Å²) < 4.78 is 27.5. The highest BCUT2D eigenvalue weighted by atomic mass is 32.2. The minimum Gasteiger partial charge on any atom is -0.394 e. The van der Waals surface area contributed by atoms with Gasteiger partial charge in [0.1, 0.15) is 11.6 Å². The molecule has 0 radical (unpaired) electrons. The van der Waals surface area contributed by atoms with Crippen molar-refractivity contribution in [3.8, 4) is 0 Å². The van der Waals surface area contributed by atoms with Crippen LogP contribution in [0.4, 0.5) is 8.78 Å². The molecule has 0 bridgehead atoms. The van der Waals surface area contributed by atoms with Gasteiger partial charge in [-0.25, -0.2) is 8.78 Å². The minimum absolute atomic E-state index is 0.0533. The van der Waals surface area contributed by atoms with E-state index in [2.05, 4.69) is 5.32 Å². The van der Waals surface area contributed by atoms with Gasteiger partial charge in [-0.3, -0.25) is 0 Å². The lowest BCUT2D eigenvalue weighted by Crippen LogP contribution is -2.15. The Morgan fingerprint density at radius 2 is 1.95 bits per heavy atom. The van der Waals surface area contributed by atoms with Gasteiger partial charge in [0, 0.05) is 12.3 Å². The lowest BCUT2D eigenvalue weighted by atomic mass is 10.2. The Labute approximate surface area is 116 Å². The maximum Gasteiger partial charge on any atom is 0.140 e. The minimum atomic E-state index is -0.977. The lowest BCUT2D eigenvalue weighted by molar-refractivity contribution is 0.113. The molecule has 1 atom stereocenters. The molecule has 1 aromatic carbocycles. The van der Waals surface area contributed by atoms with E-state index < -0.39 is 24.3 Å². The smallest absolute Gasteiger partial charge is 0.140 e. The van der Waals surface area contributed by atoms with Crippen LogP contribution in [0.25, 0.3) is 0 Å². The van der Waals surface area contributed by atoms with E-state index in [9.17, 15) is 13.9 Å². The van der Waals surface area contributed by atoms with Crippen LogP contribution in [0, 0.1) is 11.6 Å². The first-order valence-electron chi connectivity index (χ1n) is 6.18. The second-order valence-corrected chi connectivity index (χ2v) is 5.24. The van der Waals surface area contributed by atoms with E-state index in [1.54, 1.807) is 0 Å². The molecule has 1 aromatic rings. The molecule has 3 nitrogen and oxygen atoms in total. The van der Waals surface area contributed by atoms with Gasteiger partial charge in [0.05, 0.1) is 17.6 Å². The molecule has 0 spiro atoms. The van der Waals surface area contributed by atoms with Crippen molar-refractivity contribution in [1.29, 1.82) is 0 Å². The van der Waals surface area contributed by atoms with E-state index >= 15 is 0 Å². The molecule has 0 saturated heterocycles. The summed E-state index contributed by atoms with van der Waals surface area (Å²) in [5, 5.41) is 20.9. The van der Waals surface area contributed by atoms with E-state index in [0.717, 1.165) is 24.7 Å². The van der Waals surface area contributed by atoms with Crippen molar-refractivity contribution in [3.63, 3.8) is 0 Å². The van der Waals surface area contributed by atoms with Crippen molar-refractivity contribution >= 4 is 11.8 Å². The summed E-state index contributed by atoms with van der Waals surface area (Å²) >= 11 is 0.863. The fourth-order valence-corrected chi connectivity index (χ4v) is 2.35. The highest BCUT2D eigenvalue weighted by Crippen LogP contribution is 2.27. The van der Waals surface area contributed by atoms with Crippen molar-refractivity contribution in [1.82, 2.24) is 5.32 Å². The SMILES string of the molecule is CCCNCc1cc(F)c(SCC(O)CO)c(F)c1. The van der Waals surface area contributed by atoms with Crippen LogP contribution in [0.15, 0.2) is 17.0 Å². The number of thioether (sulfide) groups is 1. The topological polar surface area (TPSA) is 52.5 Å². The number of rotatable bonds is 8. The molecule has 0 amide bonds. The molecule has 0 saturated carbocycles. The van der Waals surface area contributed by atoms with Gasteiger partial charge >= 0.3 is 0 Å². The Morgan fingerprint density at radius 3 is 2.47 bits per heavy atom. The second-order valence-electron chi connectivity index (χ2n) is 4.21. The molecular weight excluding hydrogens is 272 g/mol. The predicted octanol–water partition coefficient (Wildman–Crippen LogP) is 1.91. The van der Waals surface area contributed by atoms with E-state index in [1.807, 2.05) is 6.92 Å². The first-order chi connectivity index (χ1) is 9.08. The highest BCUT2D eigenvalue weighted by molar-refractivity contribution is 7.99. The van der Waals surface area contributed by atoms with Crippen molar-refractivity contribution < 1.29 is 19.0 Å². The van der Waals surface area contributed by atoms with Crippen molar-refractivity contribution in [2.24, 2.45) is 0 Å². The zero-order valence-corrected chi connectivity index (χ0v) is 11.6. The molecule has 0 heterocycles. The molecule has 0 aliphatic heterocycles. The van der Waals surface area contributed by atoms with Gasteiger partial charge in [0.15, 0.2) is 0 Å². The van der Waals surface area contributed by atoms with E-state index in [4.69, 9.17) is 5.11 Å². The Balaban J connectivity index is 2.68. The molecule has 19 heavy (non-hydrogen) atoms. The maximum atomic E-state index is 13.7. The van der Waals surface area contributed by atoms with Crippen LogP contribution in [-0.2, 0) is 6.54 Å². The maximum absolute atomic E-state index is 13.7. The average Bonchev–Trinajstić information content (AvgIpc) is 2.37. The Kier molecular flexibility index (Phi) is 7.30. The predicted molar refractivity (Wildman–Crippen MR) is 72.2 cm³/mol. The highest BCUT2D eigenvalue weighted by Gasteiger charge is 2.13. The first kappa shape index (κ1) is 16.4. The van der Waals surface area contributed by atoms with Gasteiger partial charge < -0.3 is 15.5 Å². The summed E-state index contributed by atoms with van der Waals surface area (Å²) in [5.41, 5.74) is 0.551. The number of nitrogens with one attached hydrogen (secondary N) is 1. The Hall–Kier alpha value is -0.690. The van der Waals surface area contributed by atoms with Gasteiger partial charge in [0.2, 0.25) is 0 Å². The van der Waals surface area contributed by atoms with Gasteiger partial charge in [-0.05, 0) is 30.7 Å². The molecule has 0 aliphatic rings. The molecule has 108 valence electrons. The van der Waals surface area contributed by atoms with Crippen molar-refractivity contribution in [3.05, 3.63) is 29.3 Å². The molecule has 0 aliphatic carbocycles. The van der Waals surface area contributed by atoms with Gasteiger partial charge in [0.25, 0.3) is 0 Å². The Morgan fingerprint density at radius 1 is 1.32 bits per heavy atom. The van der Waals surface area contributed by atoms with E-state index in [-0.39, 0.29) is 10.6 Å². The normalized spacial score (nSPS) is 12.7. The molecule has 0 fully saturated rings. The van der Waals surface area contributed by atoms with Crippen LogP contribution >= 0.6 is 11.8 Å². The summed E-state index contributed by atoms with van der Waals surface area (Å²) in [6.45, 7) is 2.81. The summed E-state index contributed by atoms with van der Waals surface area (Å²) in [5.74, 6) is -1.22. The van der Waals surface area contributed by atoms with Crippen LogP contribution in [0.3, 0.4) is 0 Å². The molecular formula is C13H19F2NO2S. The largest absolute Gasteiger partial charge is 0.394 e. The number of hydrogen-bond acceptors (Lipinski definition) is 4. The summed E-state index contributed by atoms with van der Waals surface area (Å²) in [4.78, 5) is -0.119. The number of halogens is 2. The summed E-state index contributed by atoms with van der Waals surface area (Å²) in [7, 11) is 0. The standard InChI is InChI=1S/C13H19F2NO2S/c1-2-3-16-6-9-4-11(14)13(12(15)5-9)19-8-10(18)7-17/h4-5,10,16-18H,2-3,6-8H2,1H3. The van der Waals surface area contributed by atoms with Crippen LogP contribution in [0.2, 0.25) is 0 Å². The molecule has 3 N–H and O–H groups in total. The third-order valence-electron chi connectivity index (χ3n) is 2.44. The quantitative estimate of drug-likeness (QED) is 0.506. The molecule has 0 aromatic heterocycles. The fraction of sp³-hybridized carbons (Fsp3) is 0.538. The molecule has 1 unspecified atom stereocenters.